The fourth-order valence-electron chi connectivity index (χ4n) is 4.55. The van der Waals surface area contributed by atoms with Crippen molar-refractivity contribution in [2.24, 2.45) is 16.5 Å². The number of guanidine groups is 1. The van der Waals surface area contributed by atoms with Gasteiger partial charge in [-0.25, -0.2) is 0 Å². The Kier molecular flexibility index (Phi) is 18.1. The van der Waals surface area contributed by atoms with Gasteiger partial charge < -0.3 is 53.8 Å². The van der Waals surface area contributed by atoms with Crippen LogP contribution < -0.4 is 48.7 Å². The first-order chi connectivity index (χ1) is 24.2. The summed E-state index contributed by atoms with van der Waals surface area (Å²) in [5.41, 5.74) is 11.3. The third-order valence-corrected chi connectivity index (χ3v) is 8.39. The molecule has 1 aliphatic heterocycles. The fraction of sp³-hybridized carbons (Fsp3) is 0.500. The molecule has 0 aliphatic carbocycles. The highest BCUT2D eigenvalue weighted by Crippen LogP contribution is 2.08. The topological polar surface area (TPSA) is 305 Å². The molecule has 1 saturated heterocycles. The molecule has 21 heteroatoms. The van der Waals surface area contributed by atoms with Gasteiger partial charge in [-0.1, -0.05) is 30.3 Å². The van der Waals surface area contributed by atoms with Crippen LogP contribution in [0.2, 0.25) is 0 Å². The van der Waals surface area contributed by atoms with Crippen LogP contribution in [-0.4, -0.2) is 119 Å². The Bertz CT molecular complexity index is 1450. The molecule has 0 aromatic heterocycles. The van der Waals surface area contributed by atoms with Gasteiger partial charge in [0.15, 0.2) is 5.96 Å². The Morgan fingerprint density at radius 2 is 1.45 bits per heavy atom. The van der Waals surface area contributed by atoms with Gasteiger partial charge in [-0.15, -0.1) is 11.8 Å². The SMILES string of the molecule is CC(=O)NCSCC1NC(=O)C(CS)NC(=O)C(Cc2ccccc2)NC(=O)C(CC(=O)O)NC(=O)CNC(=O)C(CCCN=C(N)N)NC1=O. The van der Waals surface area contributed by atoms with Crippen LogP contribution in [0, 0.1) is 0 Å². The Morgan fingerprint density at radius 3 is 2.08 bits per heavy atom. The highest BCUT2D eigenvalue weighted by Gasteiger charge is 2.33. The minimum absolute atomic E-state index is 0.0160. The molecule has 19 nitrogen and oxygen atoms in total. The quantitative estimate of drug-likeness (QED) is 0.0303. The molecule has 1 fully saturated rings. The predicted octanol–water partition coefficient (Wildman–Crippen LogP) is -3.93. The summed E-state index contributed by atoms with van der Waals surface area (Å²) in [5, 5.41) is 26.7. The van der Waals surface area contributed by atoms with E-state index in [0.29, 0.717) is 5.56 Å². The zero-order chi connectivity index (χ0) is 37.9. The van der Waals surface area contributed by atoms with E-state index in [0.717, 1.165) is 11.8 Å². The first-order valence-electron chi connectivity index (χ1n) is 15.7. The molecule has 2 rings (SSSR count). The maximum absolute atomic E-state index is 13.6. The second kappa shape index (κ2) is 21.9. The molecule has 1 heterocycles. The van der Waals surface area contributed by atoms with Crippen LogP contribution in [0.1, 0.15) is 31.7 Å². The highest BCUT2D eigenvalue weighted by molar-refractivity contribution is 7.99. The number of hydrogen-bond donors (Lipinski definition) is 11. The molecular formula is C30H44N10O9S2. The zero-order valence-electron chi connectivity index (χ0n) is 27.8. The van der Waals surface area contributed by atoms with Crippen LogP contribution in [0.15, 0.2) is 35.3 Å². The summed E-state index contributed by atoms with van der Waals surface area (Å²) in [7, 11) is 0. The van der Waals surface area contributed by atoms with E-state index in [1.165, 1.54) is 6.92 Å². The summed E-state index contributed by atoms with van der Waals surface area (Å²) in [4.78, 5) is 107. The molecule has 5 atom stereocenters. The number of aliphatic carboxylic acids is 1. The smallest absolute Gasteiger partial charge is 0.305 e. The number of carbonyl (C=O) groups excluding carboxylic acids is 7. The lowest BCUT2D eigenvalue weighted by Crippen LogP contribution is -2.61. The average Bonchev–Trinajstić information content (AvgIpc) is 3.07. The number of hydrogen-bond acceptors (Lipinski definition) is 11. The van der Waals surface area contributed by atoms with E-state index in [4.69, 9.17) is 11.5 Å². The summed E-state index contributed by atoms with van der Waals surface area (Å²) in [6.45, 7) is 0.680. The van der Waals surface area contributed by atoms with Crippen molar-refractivity contribution in [3.8, 4) is 0 Å². The van der Waals surface area contributed by atoms with Crippen LogP contribution in [0.5, 0.6) is 0 Å². The summed E-state index contributed by atoms with van der Waals surface area (Å²) in [6, 6.07) is 1.60. The number of benzene rings is 1. The van der Waals surface area contributed by atoms with E-state index in [2.05, 4.69) is 54.8 Å². The van der Waals surface area contributed by atoms with Crippen LogP contribution in [0.4, 0.5) is 0 Å². The van der Waals surface area contributed by atoms with E-state index >= 15 is 0 Å². The van der Waals surface area contributed by atoms with Crippen LogP contribution in [0.3, 0.4) is 0 Å². The van der Waals surface area contributed by atoms with Crippen molar-refractivity contribution in [3.63, 3.8) is 0 Å². The fourth-order valence-corrected chi connectivity index (χ4v) is 5.70. The number of thiol groups is 1. The van der Waals surface area contributed by atoms with Gasteiger partial charge in [-0.3, -0.25) is 43.3 Å². The van der Waals surface area contributed by atoms with E-state index in [9.17, 15) is 43.5 Å². The Balaban J connectivity index is 2.49. The third-order valence-electron chi connectivity index (χ3n) is 7.10. The molecule has 12 N–H and O–H groups in total. The first-order valence-corrected chi connectivity index (χ1v) is 17.5. The summed E-state index contributed by atoms with van der Waals surface area (Å²) in [6.07, 6.45) is -0.760. The minimum atomic E-state index is -1.66. The van der Waals surface area contributed by atoms with Gasteiger partial charge in [-0.2, -0.15) is 12.6 Å². The molecule has 0 bridgehead atoms. The molecule has 1 aromatic rings. The van der Waals surface area contributed by atoms with E-state index < -0.39 is 84.6 Å². The maximum atomic E-state index is 13.6. The van der Waals surface area contributed by atoms with Crippen LogP contribution in [0.25, 0.3) is 0 Å². The molecular weight excluding hydrogens is 709 g/mol. The summed E-state index contributed by atoms with van der Waals surface area (Å²) in [5.74, 6) is -7.42. The molecule has 7 amide bonds. The monoisotopic (exact) mass is 752 g/mol. The number of amides is 7. The molecule has 51 heavy (non-hydrogen) atoms. The normalized spacial score (nSPS) is 22.4. The second-order valence-electron chi connectivity index (χ2n) is 11.2. The standard InChI is InChI=1S/C30H44N10O9S2/c1-16(41)35-15-51-14-22-29(49)37-18(8-5-9-33-30(31)32)25(45)34-12-23(42)36-20(11-24(43)44)27(47)38-19(10-17-6-3-2-4-7-17)26(46)39-21(13-50)28(48)40-22/h2-4,6-7,18-22,50H,5,8-15H2,1H3,(H,34,45)(H,35,41)(H,36,42)(H,37,49)(H,38,47)(H,39,46)(H,40,48)(H,43,44)(H4,31,32,33). The molecule has 5 unspecified atom stereocenters. The van der Waals surface area contributed by atoms with Crippen LogP contribution >= 0.6 is 24.4 Å². The summed E-state index contributed by atoms with van der Waals surface area (Å²) >= 11 is 5.29. The van der Waals surface area contributed by atoms with Crippen molar-refractivity contribution in [1.29, 1.82) is 0 Å². The number of carboxylic acids is 1. The van der Waals surface area contributed by atoms with Gasteiger partial charge in [0.25, 0.3) is 0 Å². The maximum Gasteiger partial charge on any atom is 0.305 e. The average molecular weight is 753 g/mol. The van der Waals surface area contributed by atoms with E-state index in [1.54, 1.807) is 30.3 Å². The summed E-state index contributed by atoms with van der Waals surface area (Å²) < 4.78 is 0. The number of nitrogens with zero attached hydrogens (tertiary/aromatic N) is 1. The minimum Gasteiger partial charge on any atom is -0.481 e. The number of thioether (sulfide) groups is 1. The van der Waals surface area contributed by atoms with Crippen molar-refractivity contribution in [2.45, 2.75) is 62.8 Å². The Morgan fingerprint density at radius 1 is 0.863 bits per heavy atom. The first kappa shape index (κ1) is 42.1. The number of carboxylic acid groups (broad SMARTS) is 1. The molecule has 0 radical (unpaired) electrons. The molecule has 0 spiro atoms. The van der Waals surface area contributed by atoms with Gasteiger partial charge in [0.1, 0.15) is 30.2 Å². The number of nitrogens with one attached hydrogen (secondary N) is 7. The molecule has 1 aromatic carbocycles. The number of carbonyl (C=O) groups is 8. The van der Waals surface area contributed by atoms with Crippen LogP contribution in [-0.2, 0) is 44.8 Å². The molecule has 1 aliphatic rings. The molecule has 0 saturated carbocycles. The van der Waals surface area contributed by atoms with Gasteiger partial charge in [0.2, 0.25) is 41.4 Å². The van der Waals surface area contributed by atoms with Gasteiger partial charge in [0, 0.05) is 31.4 Å². The van der Waals surface area contributed by atoms with Gasteiger partial charge >= 0.3 is 5.97 Å². The highest BCUT2D eigenvalue weighted by atomic mass is 32.2. The van der Waals surface area contributed by atoms with Gasteiger partial charge in [0.05, 0.1) is 18.8 Å². The number of rotatable bonds is 13. The van der Waals surface area contributed by atoms with Crippen molar-refractivity contribution in [3.05, 3.63) is 35.9 Å². The lowest BCUT2D eigenvalue weighted by Gasteiger charge is -2.27. The predicted molar refractivity (Wildman–Crippen MR) is 190 cm³/mol. The Hall–Kier alpha value is -5.05. The van der Waals surface area contributed by atoms with Crippen molar-refractivity contribution < 1.29 is 43.5 Å². The van der Waals surface area contributed by atoms with Crippen molar-refractivity contribution in [1.82, 2.24) is 37.2 Å². The van der Waals surface area contributed by atoms with Crippen molar-refractivity contribution in [2.75, 3.05) is 30.5 Å². The lowest BCUT2D eigenvalue weighted by molar-refractivity contribution is -0.141. The Labute approximate surface area is 303 Å². The van der Waals surface area contributed by atoms with E-state index in [-0.39, 0.29) is 55.1 Å². The molecule has 280 valence electrons. The van der Waals surface area contributed by atoms with Gasteiger partial charge in [-0.05, 0) is 18.4 Å². The second-order valence-corrected chi connectivity index (χ2v) is 12.6. The zero-order valence-corrected chi connectivity index (χ0v) is 29.5. The lowest BCUT2D eigenvalue weighted by atomic mass is 10.0. The number of aliphatic imine (C=N–C) groups is 1. The van der Waals surface area contributed by atoms with Crippen molar-refractivity contribution >= 4 is 77.7 Å². The van der Waals surface area contributed by atoms with E-state index in [1.807, 2.05) is 0 Å². The number of nitrogens with two attached hydrogens (primary N) is 2. The largest absolute Gasteiger partial charge is 0.481 e. The third kappa shape index (κ3) is 16.0.